The summed E-state index contributed by atoms with van der Waals surface area (Å²) in [6.07, 6.45) is 1.93. The van der Waals surface area contributed by atoms with Gasteiger partial charge in [0.15, 0.2) is 0 Å². The molecule has 2 nitrogen and oxygen atoms in total. The van der Waals surface area contributed by atoms with Crippen molar-refractivity contribution in [2.75, 3.05) is 0 Å². The van der Waals surface area contributed by atoms with E-state index in [1.54, 1.807) is 12.1 Å². The van der Waals surface area contributed by atoms with Crippen molar-refractivity contribution in [1.29, 1.82) is 0 Å². The van der Waals surface area contributed by atoms with Crippen molar-refractivity contribution in [1.82, 2.24) is 4.98 Å². The summed E-state index contributed by atoms with van der Waals surface area (Å²) in [5, 5.41) is 10.3. The fraction of sp³-hybridized carbons (Fsp3) is 0.273. The minimum absolute atomic E-state index is 0.305. The molecule has 0 fully saturated rings. The van der Waals surface area contributed by atoms with Gasteiger partial charge in [0.2, 0.25) is 0 Å². The van der Waals surface area contributed by atoms with Crippen LogP contribution < -0.4 is 0 Å². The Kier molecular flexibility index (Phi) is 2.96. The van der Waals surface area contributed by atoms with Crippen LogP contribution in [0.15, 0.2) is 24.4 Å². The summed E-state index contributed by atoms with van der Waals surface area (Å²) >= 11 is 0. The second-order valence-electron chi connectivity index (χ2n) is 2.70. The van der Waals surface area contributed by atoms with Crippen molar-refractivity contribution in [2.45, 2.75) is 20.8 Å². The van der Waals surface area contributed by atoms with Crippen molar-refractivity contribution in [2.24, 2.45) is 0 Å². The number of phenolic OH excluding ortho intramolecular Hbond substituents is 1. The van der Waals surface area contributed by atoms with Crippen molar-refractivity contribution >= 4 is 10.9 Å². The van der Waals surface area contributed by atoms with Crippen LogP contribution in [-0.4, -0.2) is 10.1 Å². The summed E-state index contributed by atoms with van der Waals surface area (Å²) in [4.78, 5) is 3.07. The Bertz CT molecular complexity index is 390. The summed E-state index contributed by atoms with van der Waals surface area (Å²) in [6.45, 7) is 6.04. The van der Waals surface area contributed by atoms with Crippen LogP contribution in [0, 0.1) is 6.92 Å². The summed E-state index contributed by atoms with van der Waals surface area (Å²) in [5.41, 5.74) is 2.20. The molecule has 1 heterocycles. The van der Waals surface area contributed by atoms with E-state index in [-0.39, 0.29) is 0 Å². The Morgan fingerprint density at radius 1 is 1.23 bits per heavy atom. The molecule has 2 heteroatoms. The third-order valence-electron chi connectivity index (χ3n) is 1.87. The molecule has 0 bridgehead atoms. The van der Waals surface area contributed by atoms with Crippen LogP contribution in [0.5, 0.6) is 5.75 Å². The molecule has 13 heavy (non-hydrogen) atoms. The first kappa shape index (κ1) is 9.65. The van der Waals surface area contributed by atoms with Gasteiger partial charge in [0.25, 0.3) is 0 Å². The van der Waals surface area contributed by atoms with E-state index in [4.69, 9.17) is 5.11 Å². The number of hydrogen-bond acceptors (Lipinski definition) is 1. The maximum Gasteiger partial charge on any atom is 0.117 e. The number of hydrogen-bond donors (Lipinski definition) is 2. The molecule has 0 spiro atoms. The highest BCUT2D eigenvalue weighted by atomic mass is 16.3. The topological polar surface area (TPSA) is 36.0 Å². The van der Waals surface area contributed by atoms with Gasteiger partial charge in [0, 0.05) is 23.2 Å². The van der Waals surface area contributed by atoms with E-state index >= 15 is 0 Å². The van der Waals surface area contributed by atoms with Crippen LogP contribution >= 0.6 is 0 Å². The van der Waals surface area contributed by atoms with Gasteiger partial charge in [-0.1, -0.05) is 13.8 Å². The zero-order chi connectivity index (χ0) is 9.84. The number of nitrogens with one attached hydrogen (secondary N) is 1. The summed E-state index contributed by atoms with van der Waals surface area (Å²) in [5.74, 6) is 0.305. The largest absolute Gasteiger partial charge is 0.508 e. The molecule has 1 aromatic heterocycles. The van der Waals surface area contributed by atoms with Crippen molar-refractivity contribution in [3.05, 3.63) is 30.0 Å². The van der Waals surface area contributed by atoms with Crippen LogP contribution in [0.4, 0.5) is 0 Å². The highest BCUT2D eigenvalue weighted by Gasteiger charge is 1.98. The second-order valence-corrected chi connectivity index (χ2v) is 2.70. The van der Waals surface area contributed by atoms with Gasteiger partial charge in [-0.2, -0.15) is 0 Å². The number of phenols is 1. The van der Waals surface area contributed by atoms with Gasteiger partial charge in [-0.05, 0) is 24.6 Å². The highest BCUT2D eigenvalue weighted by molar-refractivity contribution is 5.83. The number of aryl methyl sites for hydroxylation is 1. The van der Waals surface area contributed by atoms with Crippen LogP contribution in [0.2, 0.25) is 0 Å². The van der Waals surface area contributed by atoms with E-state index in [0.717, 1.165) is 5.52 Å². The molecule has 2 aromatic rings. The van der Waals surface area contributed by atoms with Gasteiger partial charge >= 0.3 is 0 Å². The first-order valence-corrected chi connectivity index (χ1v) is 4.54. The predicted octanol–water partition coefficient (Wildman–Crippen LogP) is 3.21. The average molecular weight is 177 g/mol. The van der Waals surface area contributed by atoms with Crippen LogP contribution in [-0.2, 0) is 0 Å². The SMILES string of the molecule is CC.Cc1c[nH]c2cc(O)ccc12. The fourth-order valence-corrected chi connectivity index (χ4v) is 1.26. The highest BCUT2D eigenvalue weighted by Crippen LogP contribution is 2.21. The predicted molar refractivity (Wildman–Crippen MR) is 56.0 cm³/mol. The molecule has 0 saturated carbocycles. The van der Waals surface area contributed by atoms with Gasteiger partial charge in [-0.15, -0.1) is 0 Å². The van der Waals surface area contributed by atoms with Gasteiger partial charge in [0.05, 0.1) is 0 Å². The van der Waals surface area contributed by atoms with Crippen molar-refractivity contribution in [3.63, 3.8) is 0 Å². The van der Waals surface area contributed by atoms with Crippen LogP contribution in [0.1, 0.15) is 19.4 Å². The van der Waals surface area contributed by atoms with Crippen molar-refractivity contribution in [3.8, 4) is 5.75 Å². The van der Waals surface area contributed by atoms with Gasteiger partial charge in [-0.25, -0.2) is 0 Å². The Balaban J connectivity index is 0.000000396. The molecule has 1 aromatic carbocycles. The normalized spacial score (nSPS) is 9.46. The van der Waals surface area contributed by atoms with Gasteiger partial charge < -0.3 is 10.1 Å². The van der Waals surface area contributed by atoms with Gasteiger partial charge in [-0.3, -0.25) is 0 Å². The Labute approximate surface area is 78.2 Å². The standard InChI is InChI=1S/C9H9NO.C2H6/c1-6-5-10-9-4-7(11)2-3-8(6)9;1-2/h2-5,10-11H,1H3;1-2H3. The molecule has 2 N–H and O–H groups in total. The van der Waals surface area contributed by atoms with E-state index < -0.39 is 0 Å². The quantitative estimate of drug-likeness (QED) is 0.637. The third-order valence-corrected chi connectivity index (χ3v) is 1.87. The molecular formula is C11H15NO. The number of aromatic nitrogens is 1. The first-order chi connectivity index (χ1) is 6.27. The molecular weight excluding hydrogens is 162 g/mol. The maximum atomic E-state index is 9.12. The Morgan fingerprint density at radius 2 is 1.92 bits per heavy atom. The Hall–Kier alpha value is -1.44. The minimum atomic E-state index is 0.305. The number of fused-ring (bicyclic) bond motifs is 1. The second kappa shape index (κ2) is 3.99. The van der Waals surface area contributed by atoms with Crippen LogP contribution in [0.25, 0.3) is 10.9 Å². The molecule has 0 saturated heterocycles. The smallest absolute Gasteiger partial charge is 0.117 e. The van der Waals surface area contributed by atoms with E-state index in [9.17, 15) is 0 Å². The van der Waals surface area contributed by atoms with E-state index in [1.165, 1.54) is 10.9 Å². The molecule has 0 atom stereocenters. The lowest BCUT2D eigenvalue weighted by Crippen LogP contribution is -1.68. The first-order valence-electron chi connectivity index (χ1n) is 4.54. The fourth-order valence-electron chi connectivity index (χ4n) is 1.26. The molecule has 0 radical (unpaired) electrons. The molecule has 0 aliphatic carbocycles. The number of aromatic hydroxyl groups is 1. The average Bonchev–Trinajstić information content (AvgIpc) is 2.51. The maximum absolute atomic E-state index is 9.12. The molecule has 0 amide bonds. The summed E-state index contributed by atoms with van der Waals surface area (Å²) < 4.78 is 0. The molecule has 2 rings (SSSR count). The molecule has 70 valence electrons. The molecule has 0 unspecified atom stereocenters. The number of H-pyrrole nitrogens is 1. The molecule has 0 aliphatic heterocycles. The van der Waals surface area contributed by atoms with E-state index in [1.807, 2.05) is 33.0 Å². The number of aromatic amines is 1. The summed E-state index contributed by atoms with van der Waals surface area (Å²) in [6, 6.07) is 5.34. The lowest BCUT2D eigenvalue weighted by Gasteiger charge is -1.91. The van der Waals surface area contributed by atoms with Crippen molar-refractivity contribution < 1.29 is 5.11 Å². The zero-order valence-electron chi connectivity index (χ0n) is 8.26. The van der Waals surface area contributed by atoms with E-state index in [0.29, 0.717) is 5.75 Å². The molecule has 0 aliphatic rings. The van der Waals surface area contributed by atoms with Gasteiger partial charge in [0.1, 0.15) is 5.75 Å². The lowest BCUT2D eigenvalue weighted by atomic mass is 10.2. The zero-order valence-corrected chi connectivity index (χ0v) is 8.26. The Morgan fingerprint density at radius 3 is 2.62 bits per heavy atom. The summed E-state index contributed by atoms with van der Waals surface area (Å²) in [7, 11) is 0. The van der Waals surface area contributed by atoms with E-state index in [2.05, 4.69) is 4.98 Å². The number of benzene rings is 1. The third kappa shape index (κ3) is 1.83. The lowest BCUT2D eigenvalue weighted by molar-refractivity contribution is 0.476. The minimum Gasteiger partial charge on any atom is -0.508 e. The number of rotatable bonds is 0. The van der Waals surface area contributed by atoms with Crippen LogP contribution in [0.3, 0.4) is 0 Å². The monoisotopic (exact) mass is 177 g/mol.